The van der Waals surface area contributed by atoms with Gasteiger partial charge >= 0.3 is 35.5 Å². The summed E-state index contributed by atoms with van der Waals surface area (Å²) in [7, 11) is 0. The van der Waals surface area contributed by atoms with Gasteiger partial charge in [0.2, 0.25) is 0 Å². The molecule has 1 aromatic heterocycles. The van der Waals surface area contributed by atoms with Gasteiger partial charge in [-0.1, -0.05) is 54.6 Å². The summed E-state index contributed by atoms with van der Waals surface area (Å²) in [6, 6.07) is 23.5. The molecule has 3 aromatic carbocycles. The van der Waals surface area contributed by atoms with E-state index < -0.39 is 24.6 Å². The van der Waals surface area contributed by atoms with Crippen molar-refractivity contribution in [3.63, 3.8) is 0 Å². The number of halogens is 1. The molecule has 1 aliphatic heterocycles. The van der Waals surface area contributed by atoms with E-state index >= 15 is 0 Å². The van der Waals surface area contributed by atoms with Gasteiger partial charge in [0.15, 0.2) is 0 Å². The molecule has 7 nitrogen and oxygen atoms in total. The van der Waals surface area contributed by atoms with Crippen LogP contribution < -0.4 is 4.90 Å². The summed E-state index contributed by atoms with van der Waals surface area (Å²) in [5, 5.41) is 29.9. The Balaban J connectivity index is 0.00000423. The van der Waals surface area contributed by atoms with Crippen molar-refractivity contribution in [3.8, 4) is 22.3 Å². The third-order valence-corrected chi connectivity index (χ3v) is 7.76. The van der Waals surface area contributed by atoms with Crippen molar-refractivity contribution < 1.29 is 29.3 Å². The van der Waals surface area contributed by atoms with Gasteiger partial charge in [-0.3, -0.25) is 9.59 Å². The number of carbonyl (C=O) groups is 2. The van der Waals surface area contributed by atoms with Crippen LogP contribution in [0.25, 0.3) is 22.3 Å². The number of rotatable bonds is 10. The van der Waals surface area contributed by atoms with Crippen molar-refractivity contribution in [3.05, 3.63) is 102 Å². The van der Waals surface area contributed by atoms with Crippen LogP contribution in [0.15, 0.2) is 78.9 Å². The fourth-order valence-corrected chi connectivity index (χ4v) is 5.96. The van der Waals surface area contributed by atoms with Crippen LogP contribution in [-0.4, -0.2) is 73.5 Å². The van der Waals surface area contributed by atoms with Gasteiger partial charge in [0.1, 0.15) is 11.5 Å². The molecule has 2 heterocycles. The first-order chi connectivity index (χ1) is 20.2. The Kier molecular flexibility index (Phi) is 10.6. The van der Waals surface area contributed by atoms with Crippen LogP contribution in [-0.2, 0) is 17.8 Å². The van der Waals surface area contributed by atoms with E-state index in [1.54, 1.807) is 17.0 Å². The van der Waals surface area contributed by atoms with Crippen LogP contribution in [0.2, 0.25) is 0 Å². The van der Waals surface area contributed by atoms with Crippen molar-refractivity contribution in [2.24, 2.45) is 0 Å². The number of benzene rings is 3. The fraction of sp³-hybridized carbons (Fsp3) is 0.294. The molecule has 5 rings (SSSR count). The maximum atomic E-state index is 14.6. The number of hydrogen-bond donors (Lipinski definition) is 3. The average Bonchev–Trinajstić information content (AvgIpc) is 3.24. The van der Waals surface area contributed by atoms with E-state index in [1.165, 1.54) is 12.1 Å². The molecule has 9 heteroatoms. The third kappa shape index (κ3) is 6.95. The molecule has 3 N–H and O–H groups in total. The van der Waals surface area contributed by atoms with E-state index in [9.17, 15) is 24.2 Å². The van der Waals surface area contributed by atoms with Gasteiger partial charge in [-0.2, -0.15) is 0 Å². The van der Waals surface area contributed by atoms with E-state index in [1.807, 2.05) is 73.0 Å². The number of carbonyl (C=O) groups excluding carboxylic acids is 1. The SMILES string of the molecule is CC(C)n1c(CCC(O)CC(O)CC(=O)O)c(-c2ccc(F)cc2)c2c1C(=O)N(c1ccccc1)Cc1ccccc1-2.[NaH]. The molecule has 220 valence electrons. The molecule has 43 heavy (non-hydrogen) atoms. The van der Waals surface area contributed by atoms with Crippen molar-refractivity contribution in [1.82, 2.24) is 4.57 Å². The molecule has 0 radical (unpaired) electrons. The number of hydrogen-bond acceptors (Lipinski definition) is 4. The van der Waals surface area contributed by atoms with E-state index in [0.717, 1.165) is 39.2 Å². The van der Waals surface area contributed by atoms with Gasteiger partial charge in [0.25, 0.3) is 5.91 Å². The third-order valence-electron chi connectivity index (χ3n) is 7.76. The van der Waals surface area contributed by atoms with Crippen LogP contribution in [0.3, 0.4) is 0 Å². The van der Waals surface area contributed by atoms with Gasteiger partial charge < -0.3 is 24.8 Å². The van der Waals surface area contributed by atoms with Gasteiger partial charge in [0.05, 0.1) is 25.2 Å². The Morgan fingerprint density at radius 2 is 1.56 bits per heavy atom. The number of aliphatic hydroxyl groups is 2. The van der Waals surface area contributed by atoms with Gasteiger partial charge in [0, 0.05) is 28.6 Å². The second-order valence-corrected chi connectivity index (χ2v) is 11.1. The minimum atomic E-state index is -1.17. The Labute approximate surface area is 272 Å². The Morgan fingerprint density at radius 3 is 2.21 bits per heavy atom. The summed E-state index contributed by atoms with van der Waals surface area (Å²) < 4.78 is 16.1. The number of anilines is 1. The molecule has 0 fully saturated rings. The van der Waals surface area contributed by atoms with Crippen molar-refractivity contribution >= 4 is 47.1 Å². The molecule has 0 saturated heterocycles. The predicted octanol–water partition coefficient (Wildman–Crippen LogP) is 5.57. The zero-order valence-electron chi connectivity index (χ0n) is 23.7. The minimum absolute atomic E-state index is 0. The first kappa shape index (κ1) is 32.6. The molecule has 0 spiro atoms. The van der Waals surface area contributed by atoms with Crippen LogP contribution in [0.5, 0.6) is 0 Å². The second kappa shape index (κ2) is 14.0. The molecule has 2 unspecified atom stereocenters. The van der Waals surface area contributed by atoms with Gasteiger partial charge in [-0.15, -0.1) is 0 Å². The molecular weight excluding hydrogens is 558 g/mol. The molecule has 1 amide bonds. The Hall–Kier alpha value is -3.27. The van der Waals surface area contributed by atoms with Crippen molar-refractivity contribution in [2.45, 2.75) is 64.3 Å². The van der Waals surface area contributed by atoms with E-state index in [2.05, 4.69) is 0 Å². The van der Waals surface area contributed by atoms with Crippen LogP contribution in [0.4, 0.5) is 10.1 Å². The molecule has 0 bridgehead atoms. The van der Waals surface area contributed by atoms with Crippen molar-refractivity contribution in [2.75, 3.05) is 4.90 Å². The molecule has 2 atom stereocenters. The fourth-order valence-electron chi connectivity index (χ4n) is 5.96. The zero-order chi connectivity index (χ0) is 30.0. The molecule has 4 aromatic rings. The Morgan fingerprint density at radius 1 is 0.907 bits per heavy atom. The van der Waals surface area contributed by atoms with E-state index in [0.29, 0.717) is 18.7 Å². The second-order valence-electron chi connectivity index (χ2n) is 11.1. The standard InChI is InChI=1S/C34H35FN2O5.Na.H/c1-21(2)37-29(17-16-26(38)18-27(39)19-30(40)41)31(22-12-14-24(35)15-13-22)32-28-11-7-6-8-23(28)20-36(34(42)33(32)37)25-9-4-3-5-10-25;;/h3-15,21,26-27,38-39H,16-20H2,1-2H3,(H,40,41);;. The normalized spacial score (nSPS) is 14.0. The average molecular weight is 595 g/mol. The van der Waals surface area contributed by atoms with Crippen LogP contribution in [0, 0.1) is 5.82 Å². The molecule has 0 aliphatic carbocycles. The summed E-state index contributed by atoms with van der Waals surface area (Å²) in [6.07, 6.45) is -2.08. The summed E-state index contributed by atoms with van der Waals surface area (Å²) in [5.41, 5.74) is 6.31. The van der Waals surface area contributed by atoms with E-state index in [4.69, 9.17) is 5.11 Å². The maximum absolute atomic E-state index is 14.6. The van der Waals surface area contributed by atoms with Crippen LogP contribution in [0.1, 0.15) is 60.9 Å². The predicted molar refractivity (Wildman–Crippen MR) is 167 cm³/mol. The van der Waals surface area contributed by atoms with Gasteiger partial charge in [-0.25, -0.2) is 4.39 Å². The molecule has 1 aliphatic rings. The van der Waals surface area contributed by atoms with Crippen LogP contribution >= 0.6 is 0 Å². The quantitative estimate of drug-likeness (QED) is 0.208. The number of carboxylic acids is 1. The summed E-state index contributed by atoms with van der Waals surface area (Å²) in [6.45, 7) is 4.38. The first-order valence-corrected chi connectivity index (χ1v) is 14.2. The number of carboxylic acid groups (broad SMARTS) is 1. The number of aliphatic carboxylic acids is 1. The van der Waals surface area contributed by atoms with Crippen molar-refractivity contribution in [1.29, 1.82) is 0 Å². The first-order valence-electron chi connectivity index (χ1n) is 14.2. The number of aromatic nitrogens is 1. The van der Waals surface area contributed by atoms with Gasteiger partial charge in [-0.05, 0) is 74.1 Å². The monoisotopic (exact) mass is 594 g/mol. The number of amides is 1. The zero-order valence-corrected chi connectivity index (χ0v) is 23.7. The number of para-hydroxylation sites is 1. The number of fused-ring (bicyclic) bond motifs is 3. The molecular formula is C34H36FN2NaO5. The van der Waals surface area contributed by atoms with E-state index in [-0.39, 0.29) is 60.2 Å². The topological polar surface area (TPSA) is 103 Å². The Bertz CT molecular complexity index is 1590. The summed E-state index contributed by atoms with van der Waals surface area (Å²) in [5.74, 6) is -1.66. The summed E-state index contributed by atoms with van der Waals surface area (Å²) >= 11 is 0. The number of aliphatic hydroxyl groups excluding tert-OH is 2. The molecule has 0 saturated carbocycles. The number of nitrogens with zero attached hydrogens (tertiary/aromatic N) is 2. The summed E-state index contributed by atoms with van der Waals surface area (Å²) in [4.78, 5) is 27.4.